The highest BCUT2D eigenvalue weighted by Crippen LogP contribution is 2.29. The fraction of sp³-hybridized carbons (Fsp3) is 0.107. The first-order chi connectivity index (χ1) is 17.3. The molecule has 0 aliphatic carbocycles. The van der Waals surface area contributed by atoms with Gasteiger partial charge >= 0.3 is 0 Å². The Bertz CT molecular complexity index is 1560. The first kappa shape index (κ1) is 23.9. The highest BCUT2D eigenvalue weighted by Gasteiger charge is 2.09. The Labute approximate surface area is 218 Å². The van der Waals surface area contributed by atoms with E-state index in [1.807, 2.05) is 18.2 Å². The van der Waals surface area contributed by atoms with E-state index < -0.39 is 0 Å². The molecular formula is C28H22Cl2N4O2. The number of aromatic nitrogens is 3. The summed E-state index contributed by atoms with van der Waals surface area (Å²) in [5, 5.41) is 13.0. The van der Waals surface area contributed by atoms with E-state index in [4.69, 9.17) is 27.6 Å². The normalized spacial score (nSPS) is 11.6. The number of nitrogens with one attached hydrogen (secondary N) is 1. The molecule has 0 atom stereocenters. The third-order valence-corrected chi connectivity index (χ3v) is 6.05. The number of hydrogen-bond donors (Lipinski definition) is 1. The summed E-state index contributed by atoms with van der Waals surface area (Å²) in [6.07, 6.45) is 3.01. The molecule has 0 aliphatic heterocycles. The molecule has 2 aromatic heterocycles. The van der Waals surface area contributed by atoms with Gasteiger partial charge in [0.1, 0.15) is 22.6 Å². The van der Waals surface area contributed by atoms with Crippen LogP contribution in [0.2, 0.25) is 10.0 Å². The largest absolute Gasteiger partial charge is 0.457 e. The second kappa shape index (κ2) is 10.0. The van der Waals surface area contributed by atoms with E-state index in [0.29, 0.717) is 38.7 Å². The predicted molar refractivity (Wildman–Crippen MR) is 145 cm³/mol. The molecule has 0 fully saturated rings. The van der Waals surface area contributed by atoms with E-state index in [9.17, 15) is 4.79 Å². The van der Waals surface area contributed by atoms with Crippen LogP contribution in [-0.2, 0) is 4.79 Å². The van der Waals surface area contributed by atoms with Gasteiger partial charge in [0.25, 0.3) is 0 Å². The summed E-state index contributed by atoms with van der Waals surface area (Å²) in [4.78, 5) is 14.1. The van der Waals surface area contributed by atoms with Crippen LogP contribution in [0.1, 0.15) is 31.1 Å². The molecule has 8 heteroatoms. The zero-order chi connectivity index (χ0) is 25.2. The minimum absolute atomic E-state index is 0.297. The zero-order valence-electron chi connectivity index (χ0n) is 19.6. The molecule has 2 heterocycles. The van der Waals surface area contributed by atoms with Crippen LogP contribution in [0, 0.1) is 0 Å². The number of carbonyl (C=O) groups excluding carboxylic acids is 1. The highest BCUT2D eigenvalue weighted by atomic mass is 35.5. The van der Waals surface area contributed by atoms with Gasteiger partial charge in [0.2, 0.25) is 5.91 Å². The lowest BCUT2D eigenvalue weighted by molar-refractivity contribution is -0.111. The number of fused-ring (bicyclic) bond motifs is 1. The fourth-order valence-corrected chi connectivity index (χ4v) is 4.26. The maximum absolute atomic E-state index is 12.5. The quantitative estimate of drug-likeness (QED) is 0.234. The first-order valence-electron chi connectivity index (χ1n) is 11.4. The topological polar surface area (TPSA) is 73.0 Å². The number of amides is 1. The molecule has 1 amide bonds. The van der Waals surface area contributed by atoms with Crippen molar-refractivity contribution in [3.8, 4) is 17.0 Å². The SMILES string of the molecule is CC(C)c1ccc(-n2nc3ccc(NC(=O)/C=C/c4ccc(-c5cc(Cl)cc(Cl)c5)o4)cc3n2)cc1. The van der Waals surface area contributed by atoms with E-state index in [2.05, 4.69) is 41.5 Å². The third-order valence-electron chi connectivity index (χ3n) is 5.61. The van der Waals surface area contributed by atoms with Crippen LogP contribution in [0.3, 0.4) is 0 Å². The van der Waals surface area contributed by atoms with Gasteiger partial charge in [0.05, 0.1) is 5.69 Å². The van der Waals surface area contributed by atoms with Crippen molar-refractivity contribution in [1.29, 1.82) is 0 Å². The molecule has 0 saturated carbocycles. The minimum Gasteiger partial charge on any atom is -0.457 e. The van der Waals surface area contributed by atoms with Gasteiger partial charge in [-0.3, -0.25) is 4.79 Å². The molecule has 0 aliphatic rings. The van der Waals surface area contributed by atoms with E-state index in [0.717, 1.165) is 16.8 Å². The lowest BCUT2D eigenvalue weighted by Gasteiger charge is -2.05. The monoisotopic (exact) mass is 516 g/mol. The Morgan fingerprint density at radius 3 is 2.36 bits per heavy atom. The zero-order valence-corrected chi connectivity index (χ0v) is 21.1. The van der Waals surface area contributed by atoms with E-state index >= 15 is 0 Å². The number of nitrogens with zero attached hydrogens (tertiary/aromatic N) is 3. The van der Waals surface area contributed by atoms with Gasteiger partial charge in [0, 0.05) is 27.4 Å². The Hall–Kier alpha value is -3.87. The standard InChI is InChI=1S/C28H22Cl2N4O2/c1-17(2)18-3-6-23(7-4-18)34-32-25-10-5-22(16-26(25)33-34)31-28(35)12-9-24-8-11-27(36-24)19-13-20(29)15-21(30)14-19/h3-17H,1-2H3,(H,31,35)/b12-9+. The summed E-state index contributed by atoms with van der Waals surface area (Å²) in [5.74, 6) is 1.29. The van der Waals surface area contributed by atoms with Crippen molar-refractivity contribution in [3.63, 3.8) is 0 Å². The summed E-state index contributed by atoms with van der Waals surface area (Å²) in [5.41, 5.74) is 4.93. The Morgan fingerprint density at radius 2 is 1.64 bits per heavy atom. The summed E-state index contributed by atoms with van der Waals surface area (Å²) in [6.45, 7) is 4.31. The van der Waals surface area contributed by atoms with Crippen molar-refractivity contribution in [3.05, 3.63) is 100 Å². The van der Waals surface area contributed by atoms with Gasteiger partial charge in [-0.05, 0) is 78.2 Å². The van der Waals surface area contributed by atoms with Crippen LogP contribution in [0.25, 0.3) is 34.1 Å². The Morgan fingerprint density at radius 1 is 0.917 bits per heavy atom. The molecule has 6 nitrogen and oxygen atoms in total. The predicted octanol–water partition coefficient (Wildman–Crippen LogP) is 7.76. The van der Waals surface area contributed by atoms with Crippen LogP contribution in [0.15, 0.2) is 83.3 Å². The molecule has 5 rings (SSSR count). The highest BCUT2D eigenvalue weighted by molar-refractivity contribution is 6.35. The van der Waals surface area contributed by atoms with Crippen LogP contribution in [0.5, 0.6) is 0 Å². The molecular weight excluding hydrogens is 495 g/mol. The smallest absolute Gasteiger partial charge is 0.248 e. The number of rotatable bonds is 6. The van der Waals surface area contributed by atoms with Gasteiger partial charge in [-0.1, -0.05) is 49.2 Å². The Balaban J connectivity index is 1.27. The van der Waals surface area contributed by atoms with Gasteiger partial charge < -0.3 is 9.73 Å². The molecule has 180 valence electrons. The third kappa shape index (κ3) is 5.35. The molecule has 3 aromatic carbocycles. The fourth-order valence-electron chi connectivity index (χ4n) is 3.74. The number of furan rings is 1. The maximum atomic E-state index is 12.5. The molecule has 36 heavy (non-hydrogen) atoms. The molecule has 0 saturated heterocycles. The summed E-state index contributed by atoms with van der Waals surface area (Å²) < 4.78 is 5.80. The van der Waals surface area contributed by atoms with Crippen molar-refractivity contribution in [2.75, 3.05) is 5.32 Å². The summed E-state index contributed by atoms with van der Waals surface area (Å²) >= 11 is 12.1. The van der Waals surface area contributed by atoms with Crippen LogP contribution >= 0.6 is 23.2 Å². The minimum atomic E-state index is -0.297. The summed E-state index contributed by atoms with van der Waals surface area (Å²) in [7, 11) is 0. The number of anilines is 1. The second-order valence-electron chi connectivity index (χ2n) is 8.62. The van der Waals surface area contributed by atoms with Gasteiger partial charge in [-0.2, -0.15) is 4.80 Å². The van der Waals surface area contributed by atoms with Crippen molar-refractivity contribution < 1.29 is 9.21 Å². The number of halogens is 2. The molecule has 0 bridgehead atoms. The maximum Gasteiger partial charge on any atom is 0.248 e. The lowest BCUT2D eigenvalue weighted by Crippen LogP contribution is -2.07. The number of hydrogen-bond acceptors (Lipinski definition) is 4. The van der Waals surface area contributed by atoms with Crippen molar-refractivity contribution >= 4 is 51.9 Å². The number of benzene rings is 3. The molecule has 0 radical (unpaired) electrons. The van der Waals surface area contributed by atoms with Crippen LogP contribution < -0.4 is 5.32 Å². The number of carbonyl (C=O) groups is 1. The van der Waals surface area contributed by atoms with Crippen molar-refractivity contribution in [2.45, 2.75) is 19.8 Å². The second-order valence-corrected chi connectivity index (χ2v) is 9.49. The van der Waals surface area contributed by atoms with Crippen LogP contribution in [0.4, 0.5) is 5.69 Å². The van der Waals surface area contributed by atoms with E-state index in [-0.39, 0.29) is 5.91 Å². The Kier molecular flexibility index (Phi) is 6.63. The van der Waals surface area contributed by atoms with Crippen LogP contribution in [-0.4, -0.2) is 20.9 Å². The molecule has 0 spiro atoms. The van der Waals surface area contributed by atoms with Crippen molar-refractivity contribution in [1.82, 2.24) is 15.0 Å². The molecule has 0 unspecified atom stereocenters. The molecule has 1 N–H and O–H groups in total. The van der Waals surface area contributed by atoms with Gasteiger partial charge in [0.15, 0.2) is 0 Å². The lowest BCUT2D eigenvalue weighted by atomic mass is 10.0. The van der Waals surface area contributed by atoms with Gasteiger partial charge in [-0.25, -0.2) is 0 Å². The van der Waals surface area contributed by atoms with Gasteiger partial charge in [-0.15, -0.1) is 10.2 Å². The average Bonchev–Trinajstić information content (AvgIpc) is 3.49. The summed E-state index contributed by atoms with van der Waals surface area (Å²) in [6, 6.07) is 22.3. The van der Waals surface area contributed by atoms with E-state index in [1.165, 1.54) is 11.6 Å². The van der Waals surface area contributed by atoms with Crippen molar-refractivity contribution in [2.24, 2.45) is 0 Å². The van der Waals surface area contributed by atoms with E-state index in [1.54, 1.807) is 53.3 Å². The first-order valence-corrected chi connectivity index (χ1v) is 12.1. The average molecular weight is 517 g/mol. The molecule has 5 aromatic rings.